The minimum atomic E-state index is -1.72. The molecule has 5 aromatic carbocycles. The molecular formula is C61H63AlBr3Cl8F5Mg2O6. The molecule has 6 nitrogen and oxygen atoms in total. The number of allylic oxidation sites excluding steroid dienone is 4. The van der Waals surface area contributed by atoms with E-state index < -0.39 is 27.8 Å². The third-order valence-corrected chi connectivity index (χ3v) is 13.0. The van der Waals surface area contributed by atoms with Crippen LogP contribution in [0, 0.1) is 42.4 Å². The summed E-state index contributed by atoms with van der Waals surface area (Å²) >= 11 is 26.7. The Bertz CT molecular complexity index is 2730. The van der Waals surface area contributed by atoms with Crippen LogP contribution in [0.4, 0.5) is 22.0 Å². The van der Waals surface area contributed by atoms with Gasteiger partial charge in [0.05, 0.1) is 0 Å². The number of rotatable bonds is 16. The Morgan fingerprint density at radius 2 is 0.919 bits per heavy atom. The van der Waals surface area contributed by atoms with Crippen molar-refractivity contribution in [2.24, 2.45) is 0 Å². The van der Waals surface area contributed by atoms with E-state index in [0.717, 1.165) is 103 Å². The summed E-state index contributed by atoms with van der Waals surface area (Å²) in [6.45, 7) is 3.59. The van der Waals surface area contributed by atoms with Crippen LogP contribution in [0.2, 0.25) is 0 Å². The summed E-state index contributed by atoms with van der Waals surface area (Å²) in [6, 6.07) is 26.5. The predicted molar refractivity (Wildman–Crippen MR) is 346 cm³/mol. The van der Waals surface area contributed by atoms with Crippen molar-refractivity contribution >= 4 is 200 Å². The fourth-order valence-electron chi connectivity index (χ4n) is 7.18. The number of hydrogen-bond acceptors (Lipinski definition) is 5. The Morgan fingerprint density at radius 3 is 1.26 bits per heavy atom. The molecule has 0 atom stereocenters. The van der Waals surface area contributed by atoms with E-state index in [1.807, 2.05) is 12.1 Å². The molecule has 4 aliphatic rings. The van der Waals surface area contributed by atoms with Crippen molar-refractivity contribution in [3.05, 3.63) is 202 Å². The maximum atomic E-state index is 13.1. The van der Waals surface area contributed by atoms with Gasteiger partial charge in [-0.15, -0.1) is 23.2 Å². The number of ketones is 1. The van der Waals surface area contributed by atoms with Crippen LogP contribution in [0.5, 0.6) is 0 Å². The van der Waals surface area contributed by atoms with Gasteiger partial charge in [0.25, 0.3) is 0 Å². The Kier molecular flexibility index (Phi) is 59.5. The van der Waals surface area contributed by atoms with E-state index in [-0.39, 0.29) is 127 Å². The van der Waals surface area contributed by atoms with Crippen LogP contribution < -0.4 is 34.0 Å². The molecule has 0 radical (unpaired) electrons. The van der Waals surface area contributed by atoms with Crippen molar-refractivity contribution < 1.29 is 85.0 Å². The summed E-state index contributed by atoms with van der Waals surface area (Å²) in [7, 11) is 14.8. The molecule has 25 heteroatoms. The fraction of sp³-hybridized carbons (Fsp3) is 0.328. The number of carboxylic acid groups (broad SMARTS) is 1. The SMILES string of the molecule is Fc1ccc2c(c1)C(CCCBr)=CC2.Fc1ccc2c(c1)C(CCCCCl)=CC2.O=C(Cl)C(=O)Cl.O=C(Cl)CCc1ccc(F)cc1.O=C(O)CCc1ccc(F)cc1.O=C1CCc2ccc(F)cc21.[Br-].[Br-].[CH-]1CC1.[CH2-]CCCCl.[Cl][Al]([Cl])[Cl].[Mg+2].[Mg+2]. The van der Waals surface area contributed by atoms with E-state index in [0.29, 0.717) is 37.1 Å². The average Bonchev–Trinajstić information content (AvgIpc) is 3.60. The van der Waals surface area contributed by atoms with Gasteiger partial charge >= 0.3 is 73.9 Å². The van der Waals surface area contributed by atoms with Crippen molar-refractivity contribution in [2.45, 2.75) is 109 Å². The van der Waals surface area contributed by atoms with Crippen molar-refractivity contribution in [1.29, 1.82) is 0 Å². The second-order valence-electron chi connectivity index (χ2n) is 17.7. The Morgan fingerprint density at radius 1 is 0.547 bits per heavy atom. The van der Waals surface area contributed by atoms with E-state index in [1.54, 1.807) is 48.5 Å². The second-order valence-corrected chi connectivity index (χ2v) is 26.8. The van der Waals surface area contributed by atoms with Gasteiger partial charge in [0.2, 0.25) is 5.24 Å². The number of aliphatic carboxylic acids is 1. The van der Waals surface area contributed by atoms with Gasteiger partial charge in [-0.25, -0.2) is 64.9 Å². The third-order valence-electron chi connectivity index (χ3n) is 11.3. The number of unbranched alkanes of at least 4 members (excludes halogenated alkanes) is 2. The molecule has 86 heavy (non-hydrogen) atoms. The maximum absolute atomic E-state index is 13.1. The zero-order valence-electron chi connectivity index (χ0n) is 46.9. The van der Waals surface area contributed by atoms with Crippen molar-refractivity contribution in [1.82, 2.24) is 0 Å². The quantitative estimate of drug-likeness (QED) is 0.0201. The summed E-state index contributed by atoms with van der Waals surface area (Å²) in [5.41, 5.74) is 10.6. The molecule has 9 rings (SSSR count). The zero-order valence-corrected chi connectivity index (χ0v) is 61.7. The molecule has 4 aliphatic carbocycles. The number of carboxylic acids is 1. The average molecular weight is 1590 g/mol. The second kappa shape index (κ2) is 55.8. The summed E-state index contributed by atoms with van der Waals surface area (Å²) in [5, 5.41) is 6.72. The molecule has 0 amide bonds. The van der Waals surface area contributed by atoms with Gasteiger partial charge in [-0.2, -0.15) is 6.42 Å². The zero-order chi connectivity index (χ0) is 61.4. The number of fused-ring (bicyclic) bond motifs is 3. The number of carbonyl (C=O) groups is 5. The number of carbonyl (C=O) groups excluding carboxylic acids is 4. The first-order valence-corrected chi connectivity index (χ1v) is 34.4. The van der Waals surface area contributed by atoms with Gasteiger partial charge in [0, 0.05) is 41.9 Å². The van der Waals surface area contributed by atoms with Crippen LogP contribution in [0.3, 0.4) is 0 Å². The number of alkyl halides is 3. The smallest absolute Gasteiger partial charge is 1.00 e. The minimum absolute atomic E-state index is 0. The molecule has 1 fully saturated rings. The van der Waals surface area contributed by atoms with Crippen LogP contribution >= 0.6 is 104 Å². The van der Waals surface area contributed by atoms with Gasteiger partial charge in [0.1, 0.15) is 29.1 Å². The molecule has 1 N–H and O–H groups in total. The van der Waals surface area contributed by atoms with E-state index in [9.17, 15) is 45.9 Å². The summed E-state index contributed by atoms with van der Waals surface area (Å²) in [6.07, 6.45) is 21.4. The number of benzene rings is 5. The van der Waals surface area contributed by atoms with Gasteiger partial charge in [0.15, 0.2) is 5.78 Å². The minimum Gasteiger partial charge on any atom is -1.00 e. The predicted octanol–water partition coefficient (Wildman–Crippen LogP) is 12.7. The Balaban J connectivity index is -0.000000452. The first-order valence-electron chi connectivity index (χ1n) is 25.8. The van der Waals surface area contributed by atoms with E-state index in [2.05, 4.69) is 64.6 Å². The van der Waals surface area contributed by atoms with Crippen molar-refractivity contribution in [3.8, 4) is 0 Å². The standard InChI is InChI=1S/C13H14ClF.C12H12BrF.C9H8ClFO.C9H9FO2.C9H7FO.C4H8Cl.C3H5.C2Cl2O2.Al.2BrH.3ClH.2Mg/c14-8-2-1-3-10-4-5-11-6-7-12(15)9-13(10)11;13-7-1-2-9-3-4-10-5-6-11(14)8-12(9)10;10-9(12)6-3-7-1-4-8(11)5-2-7;10-8-4-1-7(2-5-8)3-6-9(11)12;10-7-3-1-6-2-4-9(11)8(6)5-7;1-2-3-4-5;1-2-3-1;3-1(5)2(4)6;;;;;;;;/h4,6-7,9H,1-3,5,8H2;3,5-6,8H,1-2,4,7H2;1-2,4-5H,3,6H2;1-2,4-5H,3,6H2,(H,11,12);1,3,5H,2,4H2;1-4H2;1H,2-3H2;;;5*1H;;/q;;;;;2*-1;;+3;;;;;;2*+2/p-5. The molecular weight excluding hydrogens is 1520 g/mol. The number of hydrogen-bond donors (Lipinski definition) is 1. The normalized spacial score (nSPS) is 11.5. The molecule has 0 aromatic heterocycles. The molecule has 0 aliphatic heterocycles. The Labute approximate surface area is 606 Å². The molecule has 0 spiro atoms. The fourth-order valence-corrected chi connectivity index (χ4v) is 7.93. The van der Waals surface area contributed by atoms with Crippen LogP contribution in [0.15, 0.2) is 115 Å². The summed E-state index contributed by atoms with van der Waals surface area (Å²) in [5.74, 6) is -0.454. The molecule has 5 aromatic rings. The number of Topliss-reactive ketones (excluding diaryl/α,β-unsaturated/α-hetero) is 1. The van der Waals surface area contributed by atoms with Crippen molar-refractivity contribution in [3.63, 3.8) is 0 Å². The topological polar surface area (TPSA) is 106 Å². The number of aryl methyl sites for hydroxylation is 3. The van der Waals surface area contributed by atoms with E-state index in [4.69, 9.17) is 70.1 Å². The molecule has 462 valence electrons. The van der Waals surface area contributed by atoms with E-state index >= 15 is 0 Å². The molecule has 0 heterocycles. The first kappa shape index (κ1) is 91.6. The van der Waals surface area contributed by atoms with Crippen LogP contribution in [-0.4, -0.2) is 107 Å². The van der Waals surface area contributed by atoms with Gasteiger partial charge < -0.3 is 52.4 Å². The summed E-state index contributed by atoms with van der Waals surface area (Å²) < 4.78 is 63.4. The third kappa shape index (κ3) is 45.5. The van der Waals surface area contributed by atoms with Gasteiger partial charge in [-0.3, -0.25) is 24.0 Å². The largest absolute Gasteiger partial charge is 2.00 e. The van der Waals surface area contributed by atoms with Crippen LogP contribution in [0.1, 0.15) is 126 Å². The van der Waals surface area contributed by atoms with E-state index in [1.165, 1.54) is 77.6 Å². The molecule has 0 bridgehead atoms. The molecule has 0 unspecified atom stereocenters. The Hall–Kier alpha value is -0.795. The van der Waals surface area contributed by atoms with Gasteiger partial charge in [-0.1, -0.05) is 77.0 Å². The summed E-state index contributed by atoms with van der Waals surface area (Å²) in [4.78, 5) is 50.4. The monoisotopic (exact) mass is 1580 g/mol. The maximum Gasteiger partial charge on any atom is 2.00 e. The number of halogens is 16. The van der Waals surface area contributed by atoms with Gasteiger partial charge in [-0.05, 0) is 210 Å². The first-order chi connectivity index (χ1) is 39.0. The molecule has 1 saturated carbocycles. The van der Waals surface area contributed by atoms with Crippen LogP contribution in [0.25, 0.3) is 11.1 Å². The van der Waals surface area contributed by atoms with Crippen LogP contribution in [-0.2, 0) is 51.3 Å². The van der Waals surface area contributed by atoms with Crippen molar-refractivity contribution in [2.75, 3.05) is 17.1 Å². The molecule has 0 saturated heterocycles.